The zero-order valence-corrected chi connectivity index (χ0v) is 10.9. The summed E-state index contributed by atoms with van der Waals surface area (Å²) in [4.78, 5) is 2.23. The molecular formula is C11H26N2O2. The van der Waals surface area contributed by atoms with E-state index >= 15 is 0 Å². The zero-order valence-electron chi connectivity index (χ0n) is 10.9. The topological polar surface area (TPSA) is 47.7 Å². The lowest BCUT2D eigenvalue weighted by Gasteiger charge is -2.45. The van der Waals surface area contributed by atoms with Crippen molar-refractivity contribution in [3.8, 4) is 0 Å². The summed E-state index contributed by atoms with van der Waals surface area (Å²) in [5.74, 6) is 0. The van der Waals surface area contributed by atoms with Crippen LogP contribution in [-0.2, 0) is 9.47 Å². The molecule has 2 atom stereocenters. The van der Waals surface area contributed by atoms with Crippen LogP contribution in [0.15, 0.2) is 0 Å². The van der Waals surface area contributed by atoms with Gasteiger partial charge < -0.3 is 15.2 Å². The second-order valence-corrected chi connectivity index (χ2v) is 4.23. The van der Waals surface area contributed by atoms with Crippen molar-refractivity contribution in [3.05, 3.63) is 0 Å². The lowest BCUT2D eigenvalue weighted by atomic mass is 9.97. The van der Waals surface area contributed by atoms with Crippen LogP contribution in [-0.4, -0.2) is 50.6 Å². The van der Waals surface area contributed by atoms with E-state index in [2.05, 4.69) is 32.7 Å². The molecule has 0 aliphatic heterocycles. The highest BCUT2D eigenvalue weighted by atomic mass is 16.7. The van der Waals surface area contributed by atoms with E-state index in [0.29, 0.717) is 12.6 Å². The van der Waals surface area contributed by atoms with Gasteiger partial charge in [-0.05, 0) is 27.3 Å². The number of hydrogen-bond acceptors (Lipinski definition) is 4. The Labute approximate surface area is 93.7 Å². The molecule has 0 fully saturated rings. The molecule has 4 nitrogen and oxygen atoms in total. The molecule has 2 unspecified atom stereocenters. The summed E-state index contributed by atoms with van der Waals surface area (Å²) in [6, 6.07) is 0.450. The molecule has 0 saturated carbocycles. The van der Waals surface area contributed by atoms with Crippen molar-refractivity contribution in [1.29, 1.82) is 0 Å². The first-order valence-electron chi connectivity index (χ1n) is 5.46. The van der Waals surface area contributed by atoms with Crippen molar-refractivity contribution in [3.63, 3.8) is 0 Å². The van der Waals surface area contributed by atoms with Crippen LogP contribution in [0.3, 0.4) is 0 Å². The fraction of sp³-hybridized carbons (Fsp3) is 1.00. The molecule has 0 aliphatic carbocycles. The third-order valence-electron chi connectivity index (χ3n) is 3.41. The number of rotatable bonds is 7. The molecule has 0 heterocycles. The van der Waals surface area contributed by atoms with Crippen LogP contribution >= 0.6 is 0 Å². The SMILES string of the molecule is CCC(C)N(C)C(C)(CN)C(OC)OC. The second kappa shape index (κ2) is 6.43. The largest absolute Gasteiger partial charge is 0.354 e. The number of nitrogens with two attached hydrogens (primary N) is 1. The molecule has 2 N–H and O–H groups in total. The molecular weight excluding hydrogens is 192 g/mol. The van der Waals surface area contributed by atoms with E-state index in [0.717, 1.165) is 6.42 Å². The normalized spacial score (nSPS) is 18.2. The van der Waals surface area contributed by atoms with Gasteiger partial charge in [0.25, 0.3) is 0 Å². The van der Waals surface area contributed by atoms with Crippen LogP contribution in [0, 0.1) is 0 Å². The van der Waals surface area contributed by atoms with Gasteiger partial charge in [0, 0.05) is 26.8 Å². The first kappa shape index (κ1) is 14.8. The third kappa shape index (κ3) is 3.14. The summed E-state index contributed by atoms with van der Waals surface area (Å²) < 4.78 is 10.7. The van der Waals surface area contributed by atoms with Crippen molar-refractivity contribution in [2.75, 3.05) is 27.8 Å². The average molecular weight is 218 g/mol. The maximum atomic E-state index is 5.85. The molecule has 0 aromatic rings. The van der Waals surface area contributed by atoms with Crippen molar-refractivity contribution >= 4 is 0 Å². The zero-order chi connectivity index (χ0) is 12.1. The second-order valence-electron chi connectivity index (χ2n) is 4.23. The number of ether oxygens (including phenoxy) is 2. The molecule has 0 rings (SSSR count). The maximum absolute atomic E-state index is 5.85. The number of hydrogen-bond donors (Lipinski definition) is 1. The minimum Gasteiger partial charge on any atom is -0.354 e. The van der Waals surface area contributed by atoms with Gasteiger partial charge in [-0.15, -0.1) is 0 Å². The first-order valence-corrected chi connectivity index (χ1v) is 5.46. The fourth-order valence-electron chi connectivity index (χ4n) is 1.79. The molecule has 0 aromatic heterocycles. The van der Waals surface area contributed by atoms with Gasteiger partial charge in [0.1, 0.15) is 0 Å². The molecule has 0 aromatic carbocycles. The Morgan fingerprint density at radius 2 is 1.80 bits per heavy atom. The third-order valence-corrected chi connectivity index (χ3v) is 3.41. The molecule has 0 spiro atoms. The van der Waals surface area contributed by atoms with Gasteiger partial charge in [-0.25, -0.2) is 0 Å². The Morgan fingerprint density at radius 3 is 2.07 bits per heavy atom. The minimum absolute atomic E-state index is 0.293. The van der Waals surface area contributed by atoms with Crippen molar-refractivity contribution < 1.29 is 9.47 Å². The highest BCUT2D eigenvalue weighted by Crippen LogP contribution is 2.23. The van der Waals surface area contributed by atoms with Gasteiger partial charge in [0.2, 0.25) is 0 Å². The number of methoxy groups -OCH3 is 2. The average Bonchev–Trinajstić information content (AvgIpc) is 2.28. The number of likely N-dealkylation sites (N-methyl/N-ethyl adjacent to an activating group) is 1. The summed E-state index contributed by atoms with van der Waals surface area (Å²) >= 11 is 0. The van der Waals surface area contributed by atoms with E-state index < -0.39 is 0 Å². The van der Waals surface area contributed by atoms with Crippen LogP contribution in [0.2, 0.25) is 0 Å². The molecule has 0 amide bonds. The monoisotopic (exact) mass is 218 g/mol. The molecule has 4 heteroatoms. The highest BCUT2D eigenvalue weighted by Gasteiger charge is 2.39. The first-order chi connectivity index (χ1) is 6.97. The molecule has 0 saturated heterocycles. The molecule has 0 radical (unpaired) electrons. The van der Waals surface area contributed by atoms with Crippen molar-refractivity contribution in [2.45, 2.75) is 45.1 Å². The molecule has 15 heavy (non-hydrogen) atoms. The van der Waals surface area contributed by atoms with E-state index in [-0.39, 0.29) is 11.8 Å². The molecule has 0 bridgehead atoms. The summed E-state index contributed by atoms with van der Waals surface area (Å²) in [6.45, 7) is 6.90. The molecule has 0 aliphatic rings. The smallest absolute Gasteiger partial charge is 0.176 e. The van der Waals surface area contributed by atoms with Gasteiger partial charge >= 0.3 is 0 Å². The molecule has 92 valence electrons. The van der Waals surface area contributed by atoms with Crippen LogP contribution in [0.1, 0.15) is 27.2 Å². The maximum Gasteiger partial charge on any atom is 0.176 e. The van der Waals surface area contributed by atoms with Crippen LogP contribution in [0.25, 0.3) is 0 Å². The summed E-state index contributed by atoms with van der Waals surface area (Å²) in [7, 11) is 5.35. The van der Waals surface area contributed by atoms with E-state index in [4.69, 9.17) is 15.2 Å². The summed E-state index contributed by atoms with van der Waals surface area (Å²) in [6.07, 6.45) is 0.771. The van der Waals surface area contributed by atoms with E-state index in [9.17, 15) is 0 Å². The van der Waals surface area contributed by atoms with Crippen LogP contribution in [0.5, 0.6) is 0 Å². The van der Waals surface area contributed by atoms with Gasteiger partial charge in [-0.1, -0.05) is 6.92 Å². The van der Waals surface area contributed by atoms with Gasteiger partial charge in [0.15, 0.2) is 6.29 Å². The minimum atomic E-state index is -0.304. The Morgan fingerprint density at radius 1 is 1.33 bits per heavy atom. The van der Waals surface area contributed by atoms with Crippen molar-refractivity contribution in [1.82, 2.24) is 4.90 Å². The predicted octanol–water partition coefficient (Wildman–Crippen LogP) is 1.05. The quantitative estimate of drug-likeness (QED) is 0.649. The van der Waals surface area contributed by atoms with E-state index in [1.807, 2.05) is 0 Å². The summed E-state index contributed by atoms with van der Waals surface area (Å²) in [5.41, 5.74) is 5.56. The Bertz CT molecular complexity index is 174. The van der Waals surface area contributed by atoms with Crippen molar-refractivity contribution in [2.24, 2.45) is 5.73 Å². The Balaban J connectivity index is 4.80. The number of nitrogens with zero attached hydrogens (tertiary/aromatic N) is 1. The lowest BCUT2D eigenvalue weighted by Crippen LogP contribution is -2.61. The Hall–Kier alpha value is -0.160. The highest BCUT2D eigenvalue weighted by molar-refractivity contribution is 4.91. The van der Waals surface area contributed by atoms with Gasteiger partial charge in [-0.3, -0.25) is 4.90 Å². The van der Waals surface area contributed by atoms with Gasteiger partial charge in [-0.2, -0.15) is 0 Å². The lowest BCUT2D eigenvalue weighted by molar-refractivity contribution is -0.182. The van der Waals surface area contributed by atoms with Gasteiger partial charge in [0.05, 0.1) is 5.54 Å². The Kier molecular flexibility index (Phi) is 6.36. The summed E-state index contributed by atoms with van der Waals surface area (Å²) in [5, 5.41) is 0. The van der Waals surface area contributed by atoms with Crippen LogP contribution in [0.4, 0.5) is 0 Å². The van der Waals surface area contributed by atoms with E-state index in [1.54, 1.807) is 14.2 Å². The van der Waals surface area contributed by atoms with Crippen LogP contribution < -0.4 is 5.73 Å². The fourth-order valence-corrected chi connectivity index (χ4v) is 1.79. The predicted molar refractivity (Wildman–Crippen MR) is 62.8 cm³/mol. The van der Waals surface area contributed by atoms with E-state index in [1.165, 1.54) is 0 Å². The standard InChI is InChI=1S/C11H26N2O2/c1-7-9(2)13(4)11(3,8-12)10(14-5)15-6/h9-10H,7-8,12H2,1-6H3.